The van der Waals surface area contributed by atoms with Gasteiger partial charge in [0.1, 0.15) is 11.4 Å². The molecule has 0 fully saturated rings. The highest BCUT2D eigenvalue weighted by atomic mass is 35.5. The van der Waals surface area contributed by atoms with Crippen LogP contribution in [0.25, 0.3) is 10.9 Å². The van der Waals surface area contributed by atoms with Crippen LogP contribution in [0.2, 0.25) is 15.1 Å². The zero-order valence-corrected chi connectivity index (χ0v) is 15.3. The van der Waals surface area contributed by atoms with Crippen LogP contribution in [0.15, 0.2) is 36.4 Å². The summed E-state index contributed by atoms with van der Waals surface area (Å²) >= 11 is 17.8. The van der Waals surface area contributed by atoms with Gasteiger partial charge in [-0.2, -0.15) is 0 Å². The maximum Gasteiger partial charge on any atom is 0.352 e. The first-order chi connectivity index (χ1) is 12.0. The lowest BCUT2D eigenvalue weighted by molar-refractivity contribution is 0.0690. The summed E-state index contributed by atoms with van der Waals surface area (Å²) in [5.41, 5.74) is 1.65. The molecule has 4 nitrogen and oxygen atoms in total. The highest BCUT2D eigenvalue weighted by Crippen LogP contribution is 2.28. The van der Waals surface area contributed by atoms with Gasteiger partial charge in [0.15, 0.2) is 0 Å². The minimum Gasteiger partial charge on any atom is -0.494 e. The Balaban J connectivity index is 1.71. The Hall–Kier alpha value is -1.88. The number of carboxylic acids is 1. The molecule has 2 aromatic carbocycles. The van der Waals surface area contributed by atoms with Gasteiger partial charge in [0.05, 0.1) is 16.7 Å². The number of aromatic amines is 1. The van der Waals surface area contributed by atoms with Gasteiger partial charge in [0.2, 0.25) is 0 Å². The second-order valence-electron chi connectivity index (χ2n) is 5.50. The van der Waals surface area contributed by atoms with Gasteiger partial charge in [-0.05, 0) is 42.7 Å². The van der Waals surface area contributed by atoms with Crippen LogP contribution in [0.5, 0.6) is 5.75 Å². The third kappa shape index (κ3) is 4.03. The summed E-state index contributed by atoms with van der Waals surface area (Å²) in [6.07, 6.45) is 1.21. The van der Waals surface area contributed by atoms with E-state index in [0.717, 1.165) is 10.9 Å². The van der Waals surface area contributed by atoms with Crippen LogP contribution < -0.4 is 4.74 Å². The summed E-state index contributed by atoms with van der Waals surface area (Å²) in [5.74, 6) is -0.369. The maximum absolute atomic E-state index is 11.5. The normalized spacial score (nSPS) is 11.0. The lowest BCUT2D eigenvalue weighted by atomic mass is 10.1. The molecule has 3 rings (SSSR count). The predicted octanol–water partition coefficient (Wildman–Crippen LogP) is 5.84. The van der Waals surface area contributed by atoms with E-state index in [-0.39, 0.29) is 5.69 Å². The summed E-state index contributed by atoms with van der Waals surface area (Å²) in [4.78, 5) is 14.4. The Bertz CT molecular complexity index is 937. The lowest BCUT2D eigenvalue weighted by Crippen LogP contribution is -2.04. The highest BCUT2D eigenvalue weighted by Gasteiger charge is 2.17. The minimum absolute atomic E-state index is 0.187. The zero-order valence-electron chi connectivity index (χ0n) is 13.0. The number of aromatic nitrogens is 1. The molecule has 0 spiro atoms. The van der Waals surface area contributed by atoms with E-state index in [4.69, 9.17) is 39.5 Å². The molecular weight excluding hydrogens is 385 g/mol. The second kappa shape index (κ2) is 7.56. The lowest BCUT2D eigenvalue weighted by Gasteiger charge is -2.07. The van der Waals surface area contributed by atoms with Crippen LogP contribution >= 0.6 is 34.8 Å². The summed E-state index contributed by atoms with van der Waals surface area (Å²) < 4.78 is 5.65. The molecule has 0 atom stereocenters. The number of hydrogen-bond donors (Lipinski definition) is 2. The Morgan fingerprint density at radius 1 is 1.08 bits per heavy atom. The fraction of sp³-hybridized carbons (Fsp3) is 0.167. The van der Waals surface area contributed by atoms with Crippen LogP contribution in [-0.4, -0.2) is 22.7 Å². The van der Waals surface area contributed by atoms with E-state index in [0.29, 0.717) is 45.8 Å². The number of fused-ring (bicyclic) bond motifs is 1. The summed E-state index contributed by atoms with van der Waals surface area (Å²) in [6.45, 7) is 0.428. The van der Waals surface area contributed by atoms with Crippen LogP contribution in [0.4, 0.5) is 0 Å². The number of carbonyl (C=O) groups is 1. The van der Waals surface area contributed by atoms with Gasteiger partial charge in [-0.1, -0.05) is 40.9 Å². The van der Waals surface area contributed by atoms with Gasteiger partial charge in [-0.25, -0.2) is 4.79 Å². The van der Waals surface area contributed by atoms with Crippen molar-refractivity contribution in [3.63, 3.8) is 0 Å². The van der Waals surface area contributed by atoms with Gasteiger partial charge < -0.3 is 14.8 Å². The second-order valence-corrected chi connectivity index (χ2v) is 6.75. The topological polar surface area (TPSA) is 62.3 Å². The van der Waals surface area contributed by atoms with Crippen LogP contribution in [0.1, 0.15) is 22.5 Å². The number of benzene rings is 2. The van der Waals surface area contributed by atoms with E-state index in [1.807, 2.05) is 6.07 Å². The van der Waals surface area contributed by atoms with Crippen molar-refractivity contribution in [2.75, 3.05) is 6.61 Å². The van der Waals surface area contributed by atoms with Crippen molar-refractivity contribution >= 4 is 51.7 Å². The van der Waals surface area contributed by atoms with Crippen molar-refractivity contribution in [1.82, 2.24) is 4.98 Å². The van der Waals surface area contributed by atoms with E-state index in [2.05, 4.69) is 4.98 Å². The maximum atomic E-state index is 11.5. The monoisotopic (exact) mass is 397 g/mol. The minimum atomic E-state index is -0.993. The number of aryl methyl sites for hydroxylation is 1. The molecule has 1 aromatic heterocycles. The molecule has 0 amide bonds. The molecule has 1 heterocycles. The van der Waals surface area contributed by atoms with E-state index >= 15 is 0 Å². The molecule has 25 heavy (non-hydrogen) atoms. The molecule has 0 saturated heterocycles. The van der Waals surface area contributed by atoms with E-state index in [1.54, 1.807) is 30.3 Å². The van der Waals surface area contributed by atoms with Crippen molar-refractivity contribution < 1.29 is 14.6 Å². The largest absolute Gasteiger partial charge is 0.494 e. The molecular formula is C18H14Cl3NO3. The number of rotatable bonds is 6. The van der Waals surface area contributed by atoms with Crippen molar-refractivity contribution in [1.29, 1.82) is 0 Å². The summed E-state index contributed by atoms with van der Waals surface area (Å²) in [6, 6.07) is 10.4. The molecule has 0 aliphatic heterocycles. The van der Waals surface area contributed by atoms with Gasteiger partial charge in [-0.15, -0.1) is 0 Å². The van der Waals surface area contributed by atoms with Crippen LogP contribution in [0.3, 0.4) is 0 Å². The third-order valence-corrected chi connectivity index (χ3v) is 4.79. The molecule has 0 aliphatic carbocycles. The van der Waals surface area contributed by atoms with Gasteiger partial charge >= 0.3 is 5.97 Å². The van der Waals surface area contributed by atoms with E-state index in [1.165, 1.54) is 0 Å². The number of nitrogens with one attached hydrogen (secondary N) is 1. The van der Waals surface area contributed by atoms with Gasteiger partial charge in [-0.3, -0.25) is 0 Å². The molecule has 2 N–H and O–H groups in total. The Labute approximate surface area is 159 Å². The number of aromatic carboxylic acids is 1. The van der Waals surface area contributed by atoms with E-state index < -0.39 is 5.97 Å². The SMILES string of the molecule is O=C(O)c1[nH]c2cc(Cl)ccc2c1CCCOc1ccc(Cl)c(Cl)c1. The number of H-pyrrole nitrogens is 1. The Morgan fingerprint density at radius 3 is 2.60 bits per heavy atom. The fourth-order valence-electron chi connectivity index (χ4n) is 2.68. The zero-order chi connectivity index (χ0) is 18.0. The highest BCUT2D eigenvalue weighted by molar-refractivity contribution is 6.42. The predicted molar refractivity (Wildman–Crippen MR) is 101 cm³/mol. The van der Waals surface area contributed by atoms with Crippen molar-refractivity contribution in [2.45, 2.75) is 12.8 Å². The molecule has 0 bridgehead atoms. The summed E-state index contributed by atoms with van der Waals surface area (Å²) in [7, 11) is 0. The molecule has 0 aliphatic rings. The Morgan fingerprint density at radius 2 is 1.88 bits per heavy atom. The number of halogens is 3. The first-order valence-corrected chi connectivity index (χ1v) is 8.70. The first kappa shape index (κ1) is 17.9. The molecule has 7 heteroatoms. The average molecular weight is 399 g/mol. The van der Waals surface area contributed by atoms with Crippen molar-refractivity contribution in [3.8, 4) is 5.75 Å². The quantitative estimate of drug-likeness (QED) is 0.513. The first-order valence-electron chi connectivity index (χ1n) is 7.57. The molecule has 3 aromatic rings. The molecule has 0 saturated carbocycles. The third-order valence-electron chi connectivity index (χ3n) is 3.81. The van der Waals surface area contributed by atoms with Crippen molar-refractivity contribution in [3.05, 3.63) is 62.7 Å². The van der Waals surface area contributed by atoms with Crippen molar-refractivity contribution in [2.24, 2.45) is 0 Å². The smallest absolute Gasteiger partial charge is 0.352 e. The average Bonchev–Trinajstić information content (AvgIpc) is 2.92. The van der Waals surface area contributed by atoms with Gasteiger partial charge in [0.25, 0.3) is 0 Å². The van der Waals surface area contributed by atoms with Crippen LogP contribution in [0, 0.1) is 0 Å². The van der Waals surface area contributed by atoms with Gasteiger partial charge in [0, 0.05) is 22.0 Å². The standard InChI is InChI=1S/C18H14Cl3NO3/c19-10-3-5-12-13(17(18(23)24)22-16(12)8-10)2-1-7-25-11-4-6-14(20)15(21)9-11/h3-6,8-9,22H,1-2,7H2,(H,23,24). The number of carboxylic acid groups (broad SMARTS) is 1. The Kier molecular flexibility index (Phi) is 5.42. The number of ether oxygens (including phenoxy) is 1. The summed E-state index contributed by atoms with van der Waals surface area (Å²) in [5, 5.41) is 11.7. The van der Waals surface area contributed by atoms with E-state index in [9.17, 15) is 9.90 Å². The fourth-order valence-corrected chi connectivity index (χ4v) is 3.14. The molecule has 0 radical (unpaired) electrons. The molecule has 130 valence electrons. The number of hydrogen-bond acceptors (Lipinski definition) is 2. The van der Waals surface area contributed by atoms with Crippen LogP contribution in [-0.2, 0) is 6.42 Å². The molecule has 0 unspecified atom stereocenters.